The summed E-state index contributed by atoms with van der Waals surface area (Å²) in [6.07, 6.45) is 18.2. The summed E-state index contributed by atoms with van der Waals surface area (Å²) in [5.74, 6) is 1.31. The van der Waals surface area contributed by atoms with Gasteiger partial charge in [-0.05, 0) is 42.8 Å². The number of thiazole rings is 1. The fourth-order valence-corrected chi connectivity index (χ4v) is 5.21. The molecule has 6 heteroatoms. The summed E-state index contributed by atoms with van der Waals surface area (Å²) in [5.41, 5.74) is 1.96. The predicted molar refractivity (Wildman–Crippen MR) is 162 cm³/mol. The topological polar surface area (TPSA) is 51.4 Å². The number of amides is 1. The molecule has 3 aromatic rings. The highest BCUT2D eigenvalue weighted by Gasteiger charge is 2.09. The highest BCUT2D eigenvalue weighted by molar-refractivity contribution is 7.09. The largest absolute Gasteiger partial charge is 0.494 e. The smallest absolute Gasteiger partial charge is 0.262 e. The number of carbonyl (C=O) groups is 1. The van der Waals surface area contributed by atoms with E-state index in [9.17, 15) is 4.79 Å². The average Bonchev–Trinajstić information content (AvgIpc) is 3.35. The molecule has 5 nitrogen and oxygen atoms in total. The Balaban J connectivity index is 1.21. The Bertz CT molecular complexity index is 1060. The number of ether oxygens (including phenoxy) is 2. The minimum absolute atomic E-state index is 0.0369. The van der Waals surface area contributed by atoms with Crippen molar-refractivity contribution in [3.8, 4) is 11.5 Å². The van der Waals surface area contributed by atoms with Gasteiger partial charge in [0.1, 0.15) is 11.5 Å². The number of nitrogens with zero attached hydrogens (tertiary/aromatic N) is 1. The number of anilines is 1. The summed E-state index contributed by atoms with van der Waals surface area (Å²) in [6, 6.07) is 15.4. The molecule has 0 aliphatic carbocycles. The third kappa shape index (κ3) is 12.7. The van der Waals surface area contributed by atoms with E-state index in [0.29, 0.717) is 5.75 Å². The minimum Gasteiger partial charge on any atom is -0.494 e. The van der Waals surface area contributed by atoms with Crippen molar-refractivity contribution in [1.29, 1.82) is 0 Å². The first-order valence-corrected chi connectivity index (χ1v) is 15.7. The number of rotatable bonds is 20. The van der Waals surface area contributed by atoms with Crippen LogP contribution in [0, 0.1) is 6.92 Å². The maximum atomic E-state index is 12.3. The summed E-state index contributed by atoms with van der Waals surface area (Å²) in [4.78, 5) is 12.3. The zero-order chi connectivity index (χ0) is 27.5. The molecule has 1 aromatic heterocycles. The van der Waals surface area contributed by atoms with Gasteiger partial charge in [-0.15, -0.1) is 0 Å². The van der Waals surface area contributed by atoms with E-state index in [1.165, 1.54) is 81.2 Å². The molecule has 39 heavy (non-hydrogen) atoms. The van der Waals surface area contributed by atoms with E-state index < -0.39 is 0 Å². The molecule has 3 rings (SSSR count). The van der Waals surface area contributed by atoms with Gasteiger partial charge in [0.25, 0.3) is 5.91 Å². The van der Waals surface area contributed by atoms with Crippen molar-refractivity contribution in [2.45, 2.75) is 97.4 Å². The van der Waals surface area contributed by atoms with Gasteiger partial charge < -0.3 is 14.8 Å². The van der Waals surface area contributed by atoms with E-state index in [1.54, 1.807) is 11.3 Å². The average molecular weight is 552 g/mol. The molecule has 0 aliphatic heterocycles. The molecule has 0 bridgehead atoms. The number of unbranched alkanes of at least 4 members (excludes halogenated alkanes) is 11. The molecule has 0 fully saturated rings. The van der Waals surface area contributed by atoms with Crippen LogP contribution >= 0.6 is 11.3 Å². The SMILES string of the molecule is CCCCCCCCCCCCCCOc1ccc(OCC(=O)Nc2ccc(C[n+]3ccsc3C)cc2)cc1. The monoisotopic (exact) mass is 551 g/mol. The lowest BCUT2D eigenvalue weighted by molar-refractivity contribution is -0.689. The Hall–Kier alpha value is -2.86. The van der Waals surface area contributed by atoms with Crippen molar-refractivity contribution in [3.63, 3.8) is 0 Å². The molecule has 1 N–H and O–H groups in total. The van der Waals surface area contributed by atoms with Crippen LogP contribution in [0.5, 0.6) is 11.5 Å². The van der Waals surface area contributed by atoms with Gasteiger partial charge in [-0.3, -0.25) is 4.79 Å². The molecule has 0 unspecified atom stereocenters. The Morgan fingerprint density at radius 2 is 1.33 bits per heavy atom. The van der Waals surface area contributed by atoms with Crippen molar-refractivity contribution in [2.75, 3.05) is 18.5 Å². The molecule has 1 amide bonds. The Morgan fingerprint density at radius 1 is 0.769 bits per heavy atom. The first-order chi connectivity index (χ1) is 19.1. The number of hydrogen-bond acceptors (Lipinski definition) is 4. The van der Waals surface area contributed by atoms with Gasteiger partial charge in [-0.1, -0.05) is 101 Å². The molecular weight excluding hydrogens is 504 g/mol. The van der Waals surface area contributed by atoms with Crippen LogP contribution in [0.15, 0.2) is 60.1 Å². The second-order valence-corrected chi connectivity index (χ2v) is 11.4. The number of aryl methyl sites for hydroxylation is 1. The minimum atomic E-state index is -0.182. The van der Waals surface area contributed by atoms with E-state index >= 15 is 0 Å². The molecular formula is C33H47N2O3S+. The third-order valence-electron chi connectivity index (χ3n) is 6.93. The highest BCUT2D eigenvalue weighted by Crippen LogP contribution is 2.19. The van der Waals surface area contributed by atoms with Gasteiger partial charge in [0.2, 0.25) is 5.01 Å². The summed E-state index contributed by atoms with van der Waals surface area (Å²) in [6.45, 7) is 5.91. The van der Waals surface area contributed by atoms with Crippen LogP contribution in [0.3, 0.4) is 0 Å². The standard InChI is InChI=1S/C33H46N2O3S/c1-3-4-5-6-7-8-9-10-11-12-13-14-24-37-31-19-21-32(22-20-31)38-27-33(36)34-30-17-15-29(16-18-30)26-35-23-25-39-28(35)2/h15-23,25H,3-14,24,26-27H2,1-2H3/p+1. The van der Waals surface area contributed by atoms with Crippen LogP contribution in [-0.2, 0) is 11.3 Å². The first kappa shape index (κ1) is 30.7. The highest BCUT2D eigenvalue weighted by atomic mass is 32.1. The number of carbonyl (C=O) groups excluding carboxylic acids is 1. The molecule has 0 aliphatic rings. The lowest BCUT2D eigenvalue weighted by atomic mass is 10.1. The van der Waals surface area contributed by atoms with Crippen molar-refractivity contribution in [1.82, 2.24) is 0 Å². The predicted octanol–water partition coefficient (Wildman–Crippen LogP) is 8.49. The number of aromatic nitrogens is 1. The molecule has 2 aromatic carbocycles. The fourth-order valence-electron chi connectivity index (χ4n) is 4.54. The van der Waals surface area contributed by atoms with Crippen LogP contribution in [0.25, 0.3) is 0 Å². The Kier molecular flexibility index (Phi) is 14.5. The lowest BCUT2D eigenvalue weighted by Gasteiger charge is -2.10. The maximum Gasteiger partial charge on any atom is 0.262 e. The quantitative estimate of drug-likeness (QED) is 0.113. The normalized spacial score (nSPS) is 10.9. The van der Waals surface area contributed by atoms with Crippen LogP contribution in [-0.4, -0.2) is 19.1 Å². The lowest BCUT2D eigenvalue weighted by Crippen LogP contribution is -2.34. The van der Waals surface area contributed by atoms with E-state index in [2.05, 4.69) is 35.3 Å². The summed E-state index contributed by atoms with van der Waals surface area (Å²) in [7, 11) is 0. The van der Waals surface area contributed by atoms with Crippen LogP contribution < -0.4 is 19.4 Å². The Morgan fingerprint density at radius 3 is 1.90 bits per heavy atom. The van der Waals surface area contributed by atoms with Gasteiger partial charge >= 0.3 is 0 Å². The van der Waals surface area contributed by atoms with Crippen molar-refractivity contribution < 1.29 is 18.8 Å². The zero-order valence-electron chi connectivity index (χ0n) is 24.0. The second-order valence-electron chi connectivity index (χ2n) is 10.3. The van der Waals surface area contributed by atoms with Crippen LogP contribution in [0.2, 0.25) is 0 Å². The van der Waals surface area contributed by atoms with E-state index in [4.69, 9.17) is 9.47 Å². The number of hydrogen-bond donors (Lipinski definition) is 1. The van der Waals surface area contributed by atoms with Gasteiger partial charge in [0.05, 0.1) is 12.0 Å². The number of benzene rings is 2. The molecule has 0 saturated carbocycles. The van der Waals surface area contributed by atoms with Crippen molar-refractivity contribution >= 4 is 22.9 Å². The zero-order valence-corrected chi connectivity index (χ0v) is 24.8. The molecule has 1 heterocycles. The summed E-state index contributed by atoms with van der Waals surface area (Å²) in [5, 5.41) is 6.25. The van der Waals surface area contributed by atoms with Crippen molar-refractivity contribution in [3.05, 3.63) is 70.7 Å². The second kappa shape index (κ2) is 18.4. The number of nitrogens with one attached hydrogen (secondary N) is 1. The Labute approximate surface area is 239 Å². The fraction of sp³-hybridized carbons (Fsp3) is 0.515. The maximum absolute atomic E-state index is 12.3. The van der Waals surface area contributed by atoms with E-state index in [0.717, 1.165) is 31.0 Å². The van der Waals surface area contributed by atoms with E-state index in [1.807, 2.05) is 48.5 Å². The van der Waals surface area contributed by atoms with E-state index in [-0.39, 0.29) is 12.5 Å². The molecule has 0 spiro atoms. The van der Waals surface area contributed by atoms with Crippen molar-refractivity contribution in [2.24, 2.45) is 0 Å². The van der Waals surface area contributed by atoms with Gasteiger partial charge in [-0.25, -0.2) is 0 Å². The third-order valence-corrected chi connectivity index (χ3v) is 7.77. The molecule has 0 atom stereocenters. The van der Waals surface area contributed by atoms with Gasteiger partial charge in [-0.2, -0.15) is 4.57 Å². The first-order valence-electron chi connectivity index (χ1n) is 14.8. The molecule has 0 saturated heterocycles. The molecule has 212 valence electrons. The van der Waals surface area contributed by atoms with Crippen LogP contribution in [0.1, 0.15) is 94.5 Å². The summed E-state index contributed by atoms with van der Waals surface area (Å²) >= 11 is 1.73. The summed E-state index contributed by atoms with van der Waals surface area (Å²) < 4.78 is 13.7. The molecule has 0 radical (unpaired) electrons. The van der Waals surface area contributed by atoms with Crippen LogP contribution in [0.4, 0.5) is 5.69 Å². The van der Waals surface area contributed by atoms with Gasteiger partial charge in [0, 0.05) is 18.2 Å². The van der Waals surface area contributed by atoms with Gasteiger partial charge in [0.15, 0.2) is 19.3 Å².